The van der Waals surface area contributed by atoms with E-state index in [-0.39, 0.29) is 11.6 Å². The van der Waals surface area contributed by atoms with E-state index in [4.69, 9.17) is 5.73 Å². The zero-order valence-electron chi connectivity index (χ0n) is 8.06. The molecule has 2 nitrogen and oxygen atoms in total. The summed E-state index contributed by atoms with van der Waals surface area (Å²) in [6, 6.07) is 2.67. The number of aryl methyl sites for hydroxylation is 1. The molecule has 0 aliphatic rings. The highest BCUT2D eigenvalue weighted by atomic mass is 19.1. The summed E-state index contributed by atoms with van der Waals surface area (Å²) in [5.74, 6) is -0.294. The lowest BCUT2D eigenvalue weighted by Crippen LogP contribution is -2.29. The number of nitrogens with two attached hydrogens (primary N) is 1. The van der Waals surface area contributed by atoms with Crippen LogP contribution in [-0.2, 0) is 5.54 Å². The summed E-state index contributed by atoms with van der Waals surface area (Å²) in [5, 5.41) is 9.37. The van der Waals surface area contributed by atoms with Gasteiger partial charge >= 0.3 is 0 Å². The quantitative estimate of drug-likeness (QED) is 0.699. The van der Waals surface area contributed by atoms with E-state index >= 15 is 0 Å². The lowest BCUT2D eigenvalue weighted by Gasteiger charge is -2.20. The molecule has 0 aliphatic carbocycles. The number of rotatable bonds is 1. The number of phenols is 1. The van der Waals surface area contributed by atoms with Gasteiger partial charge in [0.15, 0.2) is 0 Å². The Kier molecular flexibility index (Phi) is 2.30. The van der Waals surface area contributed by atoms with E-state index in [0.29, 0.717) is 11.1 Å². The van der Waals surface area contributed by atoms with Gasteiger partial charge in [-0.1, -0.05) is 0 Å². The van der Waals surface area contributed by atoms with Gasteiger partial charge in [-0.15, -0.1) is 0 Å². The van der Waals surface area contributed by atoms with Crippen molar-refractivity contribution in [3.63, 3.8) is 0 Å². The van der Waals surface area contributed by atoms with Gasteiger partial charge in [0.05, 0.1) is 0 Å². The standard InChI is InChI=1S/C10H14FNO/c1-6-4-8(11)7(5-9(6)13)10(2,3)12/h4-5,13H,12H2,1-3H3. The number of halogens is 1. The molecule has 0 heterocycles. The Balaban J connectivity index is 3.32. The number of aromatic hydroxyl groups is 1. The van der Waals surface area contributed by atoms with Crippen LogP contribution in [0.15, 0.2) is 12.1 Å². The van der Waals surface area contributed by atoms with Crippen LogP contribution in [0.4, 0.5) is 4.39 Å². The fourth-order valence-corrected chi connectivity index (χ4v) is 1.16. The van der Waals surface area contributed by atoms with Gasteiger partial charge in [-0.25, -0.2) is 4.39 Å². The number of hydrogen-bond donors (Lipinski definition) is 2. The molecule has 1 aromatic rings. The van der Waals surface area contributed by atoms with Crippen molar-refractivity contribution in [3.8, 4) is 5.75 Å². The van der Waals surface area contributed by atoms with Crippen molar-refractivity contribution in [3.05, 3.63) is 29.1 Å². The minimum atomic E-state index is -0.769. The third kappa shape index (κ3) is 1.98. The van der Waals surface area contributed by atoms with Gasteiger partial charge in [0.25, 0.3) is 0 Å². The fraction of sp³-hybridized carbons (Fsp3) is 0.400. The summed E-state index contributed by atoms with van der Waals surface area (Å²) in [6.07, 6.45) is 0. The highest BCUT2D eigenvalue weighted by Gasteiger charge is 2.20. The maximum atomic E-state index is 13.3. The normalized spacial score (nSPS) is 11.8. The van der Waals surface area contributed by atoms with Crippen LogP contribution in [0.3, 0.4) is 0 Å². The minimum absolute atomic E-state index is 0.0786. The van der Waals surface area contributed by atoms with E-state index in [9.17, 15) is 9.50 Å². The van der Waals surface area contributed by atoms with Crippen molar-refractivity contribution in [1.82, 2.24) is 0 Å². The molecule has 0 amide bonds. The molecule has 3 N–H and O–H groups in total. The van der Waals surface area contributed by atoms with E-state index in [1.54, 1.807) is 20.8 Å². The summed E-state index contributed by atoms with van der Waals surface area (Å²) in [6.45, 7) is 5.03. The number of phenolic OH excluding ortho intramolecular Hbond substituents is 1. The van der Waals surface area contributed by atoms with E-state index in [1.807, 2.05) is 0 Å². The molecule has 0 bridgehead atoms. The van der Waals surface area contributed by atoms with Crippen LogP contribution < -0.4 is 5.73 Å². The van der Waals surface area contributed by atoms with Gasteiger partial charge in [0.2, 0.25) is 0 Å². The van der Waals surface area contributed by atoms with Crippen molar-refractivity contribution in [1.29, 1.82) is 0 Å². The Morgan fingerprint density at radius 2 is 1.92 bits per heavy atom. The van der Waals surface area contributed by atoms with Crippen LogP contribution in [0.5, 0.6) is 5.75 Å². The van der Waals surface area contributed by atoms with Gasteiger partial charge in [-0.2, -0.15) is 0 Å². The molecule has 0 radical (unpaired) electrons. The SMILES string of the molecule is Cc1cc(F)c(C(C)(C)N)cc1O. The smallest absolute Gasteiger partial charge is 0.128 e. The Hall–Kier alpha value is -1.09. The van der Waals surface area contributed by atoms with Gasteiger partial charge in [-0.3, -0.25) is 0 Å². The second-order valence-corrected chi connectivity index (χ2v) is 3.84. The molecule has 13 heavy (non-hydrogen) atoms. The highest BCUT2D eigenvalue weighted by molar-refractivity contribution is 5.39. The Labute approximate surface area is 77.2 Å². The van der Waals surface area contributed by atoms with Crippen molar-refractivity contribution in [2.75, 3.05) is 0 Å². The largest absolute Gasteiger partial charge is 0.508 e. The van der Waals surface area contributed by atoms with Crippen molar-refractivity contribution >= 4 is 0 Å². The van der Waals surface area contributed by atoms with Crippen LogP contribution in [0, 0.1) is 12.7 Å². The van der Waals surface area contributed by atoms with Crippen molar-refractivity contribution in [2.45, 2.75) is 26.3 Å². The predicted octanol–water partition coefficient (Wildman–Crippen LogP) is 2.03. The van der Waals surface area contributed by atoms with Crippen LogP contribution >= 0.6 is 0 Å². The maximum Gasteiger partial charge on any atom is 0.128 e. The lowest BCUT2D eigenvalue weighted by molar-refractivity contribution is 0.454. The van der Waals surface area contributed by atoms with Gasteiger partial charge in [-0.05, 0) is 38.5 Å². The molecule has 3 heteroatoms. The van der Waals surface area contributed by atoms with Crippen LogP contribution in [0.25, 0.3) is 0 Å². The average molecular weight is 183 g/mol. The first kappa shape index (κ1) is 9.99. The third-order valence-corrected chi connectivity index (χ3v) is 1.98. The molecular formula is C10H14FNO. The summed E-state index contributed by atoms with van der Waals surface area (Å²) < 4.78 is 13.3. The molecule has 0 fully saturated rings. The first-order valence-electron chi connectivity index (χ1n) is 4.11. The van der Waals surface area contributed by atoms with Crippen LogP contribution in [0.1, 0.15) is 25.0 Å². The van der Waals surface area contributed by atoms with Gasteiger partial charge < -0.3 is 10.8 Å². The highest BCUT2D eigenvalue weighted by Crippen LogP contribution is 2.27. The van der Waals surface area contributed by atoms with Crippen molar-refractivity contribution < 1.29 is 9.50 Å². The van der Waals surface area contributed by atoms with Crippen LogP contribution in [-0.4, -0.2) is 5.11 Å². The van der Waals surface area contributed by atoms with E-state index in [2.05, 4.69) is 0 Å². The molecule has 0 saturated carbocycles. The van der Waals surface area contributed by atoms with E-state index < -0.39 is 5.54 Å². The second kappa shape index (κ2) is 3.00. The second-order valence-electron chi connectivity index (χ2n) is 3.84. The summed E-state index contributed by atoms with van der Waals surface area (Å²) >= 11 is 0. The zero-order chi connectivity index (χ0) is 10.2. The monoisotopic (exact) mass is 183 g/mol. The van der Waals surface area contributed by atoms with E-state index in [0.717, 1.165) is 0 Å². The fourth-order valence-electron chi connectivity index (χ4n) is 1.16. The molecular weight excluding hydrogens is 169 g/mol. The number of benzene rings is 1. The van der Waals surface area contributed by atoms with E-state index in [1.165, 1.54) is 12.1 Å². The lowest BCUT2D eigenvalue weighted by atomic mass is 9.94. The molecule has 0 aliphatic heterocycles. The molecule has 72 valence electrons. The summed E-state index contributed by atoms with van der Waals surface area (Å²) in [4.78, 5) is 0. The Morgan fingerprint density at radius 1 is 1.38 bits per heavy atom. The first-order valence-corrected chi connectivity index (χ1v) is 4.11. The summed E-state index contributed by atoms with van der Waals surface area (Å²) in [5.41, 5.74) is 5.81. The number of hydrogen-bond acceptors (Lipinski definition) is 2. The molecule has 0 spiro atoms. The minimum Gasteiger partial charge on any atom is -0.508 e. The molecule has 0 unspecified atom stereocenters. The maximum absolute atomic E-state index is 13.3. The molecule has 1 rings (SSSR count). The summed E-state index contributed by atoms with van der Waals surface area (Å²) in [7, 11) is 0. The molecule has 1 aromatic carbocycles. The van der Waals surface area contributed by atoms with Gasteiger partial charge in [0, 0.05) is 11.1 Å². The Morgan fingerprint density at radius 3 is 2.38 bits per heavy atom. The Bertz CT molecular complexity index is 328. The zero-order valence-corrected chi connectivity index (χ0v) is 8.06. The first-order chi connectivity index (χ1) is 5.82. The molecule has 0 aromatic heterocycles. The van der Waals surface area contributed by atoms with Gasteiger partial charge in [0.1, 0.15) is 11.6 Å². The predicted molar refractivity (Wildman–Crippen MR) is 50.0 cm³/mol. The molecule has 0 saturated heterocycles. The van der Waals surface area contributed by atoms with Crippen molar-refractivity contribution in [2.24, 2.45) is 5.73 Å². The average Bonchev–Trinajstić information content (AvgIpc) is 1.94. The third-order valence-electron chi connectivity index (χ3n) is 1.98. The molecule has 0 atom stereocenters. The topological polar surface area (TPSA) is 46.2 Å². The van der Waals surface area contributed by atoms with Crippen LogP contribution in [0.2, 0.25) is 0 Å².